The molecule has 1 aromatic carbocycles. The number of nitrogens with zero attached hydrogens (tertiary/aromatic N) is 1. The summed E-state index contributed by atoms with van der Waals surface area (Å²) >= 11 is 1.35. The number of carbonyl (C=O) groups excluding carboxylic acids is 2. The molecule has 134 valence electrons. The second-order valence-electron chi connectivity index (χ2n) is 6.29. The topological polar surface area (TPSA) is 59.8 Å². The lowest BCUT2D eigenvalue weighted by Crippen LogP contribution is -2.37. The molecule has 2 aliphatic heterocycles. The van der Waals surface area contributed by atoms with Crippen LogP contribution in [0.15, 0.2) is 58.1 Å². The summed E-state index contributed by atoms with van der Waals surface area (Å²) in [5, 5.41) is 0. The molecule has 0 aliphatic carbocycles. The van der Waals surface area contributed by atoms with Crippen molar-refractivity contribution in [3.63, 3.8) is 0 Å². The van der Waals surface area contributed by atoms with E-state index in [4.69, 9.17) is 9.15 Å². The van der Waals surface area contributed by atoms with Crippen LogP contribution in [-0.2, 0) is 20.1 Å². The highest BCUT2D eigenvalue weighted by Gasteiger charge is 2.40. The molecule has 0 radical (unpaired) electrons. The third-order valence-electron chi connectivity index (χ3n) is 4.54. The Balaban J connectivity index is 1.62. The summed E-state index contributed by atoms with van der Waals surface area (Å²) in [4.78, 5) is 27.8. The number of ether oxygens (including phenoxy) is 1. The highest BCUT2D eigenvalue weighted by atomic mass is 32.2. The van der Waals surface area contributed by atoms with Crippen molar-refractivity contribution in [1.29, 1.82) is 0 Å². The van der Waals surface area contributed by atoms with E-state index in [9.17, 15) is 9.59 Å². The van der Waals surface area contributed by atoms with Crippen LogP contribution in [0.2, 0.25) is 0 Å². The maximum absolute atomic E-state index is 13.0. The summed E-state index contributed by atoms with van der Waals surface area (Å²) in [5.41, 5.74) is 1.24. The van der Waals surface area contributed by atoms with Crippen molar-refractivity contribution >= 4 is 29.1 Å². The minimum atomic E-state index is -0.237. The van der Waals surface area contributed by atoms with Crippen LogP contribution in [0.25, 0.3) is 5.57 Å². The van der Waals surface area contributed by atoms with E-state index in [1.54, 1.807) is 6.26 Å². The molecule has 1 unspecified atom stereocenters. The fraction of sp³-hybridized carbons (Fsp3) is 0.300. The van der Waals surface area contributed by atoms with Gasteiger partial charge in [0.2, 0.25) is 0 Å². The number of rotatable bonds is 6. The standard InChI is InChI=1S/C20H19NO4S/c22-19-17(14-6-2-1-3-7-14)18(26-13-16-9-5-11-25-16)20(23)21(19)12-15-8-4-10-24-15/h1-3,5-7,9,11,15H,4,8,10,12-13H2. The van der Waals surface area contributed by atoms with E-state index < -0.39 is 0 Å². The Hall–Kier alpha value is -2.31. The van der Waals surface area contributed by atoms with Crippen LogP contribution in [0.5, 0.6) is 0 Å². The van der Waals surface area contributed by atoms with Crippen LogP contribution in [0.4, 0.5) is 0 Å². The molecule has 4 rings (SSSR count). The average molecular weight is 369 g/mol. The first-order valence-corrected chi connectivity index (χ1v) is 9.65. The summed E-state index contributed by atoms with van der Waals surface area (Å²) in [6.07, 6.45) is 3.40. The van der Waals surface area contributed by atoms with Gasteiger partial charge in [-0.25, -0.2) is 0 Å². The SMILES string of the molecule is O=C1C(SCc2ccco2)=C(c2ccccc2)C(=O)N1CC1CCCO1. The molecule has 2 amide bonds. The van der Waals surface area contributed by atoms with Gasteiger partial charge in [-0.15, -0.1) is 11.8 Å². The van der Waals surface area contributed by atoms with Gasteiger partial charge in [0, 0.05) is 6.61 Å². The Morgan fingerprint density at radius 2 is 1.92 bits per heavy atom. The van der Waals surface area contributed by atoms with Gasteiger partial charge in [0.15, 0.2) is 0 Å². The van der Waals surface area contributed by atoms with E-state index in [1.165, 1.54) is 16.7 Å². The first-order chi connectivity index (χ1) is 12.7. The van der Waals surface area contributed by atoms with Crippen molar-refractivity contribution in [1.82, 2.24) is 4.90 Å². The Kier molecular flexibility index (Phi) is 4.95. The number of benzene rings is 1. The summed E-state index contributed by atoms with van der Waals surface area (Å²) in [6.45, 7) is 1.01. The highest BCUT2D eigenvalue weighted by molar-refractivity contribution is 8.03. The predicted molar refractivity (Wildman–Crippen MR) is 99.1 cm³/mol. The number of imide groups is 1. The predicted octanol–water partition coefficient (Wildman–Crippen LogP) is 3.47. The van der Waals surface area contributed by atoms with Gasteiger partial charge in [0.25, 0.3) is 11.8 Å². The summed E-state index contributed by atoms with van der Waals surface area (Å²) < 4.78 is 11.0. The third-order valence-corrected chi connectivity index (χ3v) is 5.63. The molecule has 3 heterocycles. The third kappa shape index (κ3) is 3.34. The largest absolute Gasteiger partial charge is 0.468 e. The van der Waals surface area contributed by atoms with Crippen LogP contribution in [0.1, 0.15) is 24.2 Å². The molecule has 26 heavy (non-hydrogen) atoms. The first kappa shape index (κ1) is 17.1. The second kappa shape index (κ2) is 7.51. The van der Waals surface area contributed by atoms with Crippen LogP contribution < -0.4 is 0 Å². The van der Waals surface area contributed by atoms with E-state index in [-0.39, 0.29) is 17.9 Å². The Bertz CT molecular complexity index is 823. The van der Waals surface area contributed by atoms with Gasteiger partial charge >= 0.3 is 0 Å². The number of hydrogen-bond acceptors (Lipinski definition) is 5. The second-order valence-corrected chi connectivity index (χ2v) is 7.28. The average Bonchev–Trinajstić information content (AvgIpc) is 3.40. The molecular weight excluding hydrogens is 350 g/mol. The van der Waals surface area contributed by atoms with Crippen molar-refractivity contribution < 1.29 is 18.7 Å². The van der Waals surface area contributed by atoms with Crippen molar-refractivity contribution in [3.8, 4) is 0 Å². The number of furan rings is 1. The zero-order valence-corrected chi connectivity index (χ0v) is 15.0. The van der Waals surface area contributed by atoms with E-state index in [0.717, 1.165) is 24.2 Å². The van der Waals surface area contributed by atoms with Gasteiger partial charge < -0.3 is 9.15 Å². The van der Waals surface area contributed by atoms with Gasteiger partial charge in [0.05, 0.1) is 35.1 Å². The molecule has 1 saturated heterocycles. The van der Waals surface area contributed by atoms with Crippen molar-refractivity contribution in [2.45, 2.75) is 24.7 Å². The summed E-state index contributed by atoms with van der Waals surface area (Å²) in [7, 11) is 0. The summed E-state index contributed by atoms with van der Waals surface area (Å²) in [5.74, 6) is 0.804. The van der Waals surface area contributed by atoms with Gasteiger partial charge in [-0.3, -0.25) is 14.5 Å². The van der Waals surface area contributed by atoms with Gasteiger partial charge in [-0.1, -0.05) is 30.3 Å². The van der Waals surface area contributed by atoms with Gasteiger partial charge in [-0.05, 0) is 30.5 Å². The smallest absolute Gasteiger partial charge is 0.268 e. The Labute approximate surface area is 156 Å². The van der Waals surface area contributed by atoms with E-state index >= 15 is 0 Å². The molecule has 6 heteroatoms. The Morgan fingerprint density at radius 1 is 1.08 bits per heavy atom. The first-order valence-electron chi connectivity index (χ1n) is 8.66. The molecular formula is C20H19NO4S. The van der Waals surface area contributed by atoms with E-state index in [2.05, 4.69) is 0 Å². The molecule has 0 bridgehead atoms. The Morgan fingerprint density at radius 3 is 2.62 bits per heavy atom. The van der Waals surface area contributed by atoms with Crippen LogP contribution in [-0.4, -0.2) is 36.0 Å². The van der Waals surface area contributed by atoms with Crippen LogP contribution in [0.3, 0.4) is 0 Å². The molecule has 1 aromatic heterocycles. The highest BCUT2D eigenvalue weighted by Crippen LogP contribution is 2.38. The fourth-order valence-electron chi connectivity index (χ4n) is 3.24. The number of amides is 2. The van der Waals surface area contributed by atoms with E-state index in [0.29, 0.717) is 29.4 Å². The van der Waals surface area contributed by atoms with Crippen molar-refractivity contribution in [2.24, 2.45) is 0 Å². The zero-order chi connectivity index (χ0) is 17.9. The molecule has 2 aromatic rings. The van der Waals surface area contributed by atoms with Crippen LogP contribution in [0, 0.1) is 0 Å². The maximum Gasteiger partial charge on any atom is 0.268 e. The maximum atomic E-state index is 13.0. The van der Waals surface area contributed by atoms with Gasteiger partial charge in [0.1, 0.15) is 5.76 Å². The molecule has 1 fully saturated rings. The fourth-order valence-corrected chi connectivity index (χ4v) is 4.28. The molecule has 0 saturated carbocycles. The van der Waals surface area contributed by atoms with Gasteiger partial charge in [-0.2, -0.15) is 0 Å². The number of carbonyl (C=O) groups is 2. The molecule has 1 atom stereocenters. The normalized spacial score (nSPS) is 20.5. The molecule has 0 N–H and O–H groups in total. The van der Waals surface area contributed by atoms with E-state index in [1.807, 2.05) is 42.5 Å². The quantitative estimate of drug-likeness (QED) is 0.730. The number of hydrogen-bond donors (Lipinski definition) is 0. The minimum Gasteiger partial charge on any atom is -0.468 e. The lowest BCUT2D eigenvalue weighted by Gasteiger charge is -2.19. The van der Waals surface area contributed by atoms with Crippen LogP contribution >= 0.6 is 11.8 Å². The van der Waals surface area contributed by atoms with Crippen molar-refractivity contribution in [2.75, 3.05) is 13.2 Å². The molecule has 5 nitrogen and oxygen atoms in total. The van der Waals surface area contributed by atoms with Crippen molar-refractivity contribution in [3.05, 3.63) is 65.0 Å². The molecule has 2 aliphatic rings. The minimum absolute atomic E-state index is 0.0608. The lowest BCUT2D eigenvalue weighted by atomic mass is 10.1. The number of thioether (sulfide) groups is 1. The zero-order valence-electron chi connectivity index (χ0n) is 14.2. The molecule has 0 spiro atoms. The lowest BCUT2D eigenvalue weighted by molar-refractivity contribution is -0.138. The summed E-state index contributed by atoms with van der Waals surface area (Å²) in [6, 6.07) is 13.0. The monoisotopic (exact) mass is 369 g/mol.